The van der Waals surface area contributed by atoms with Gasteiger partial charge in [0, 0.05) is 56.8 Å². The lowest BCUT2D eigenvalue weighted by molar-refractivity contribution is -0.192. The van der Waals surface area contributed by atoms with Crippen molar-refractivity contribution in [3.8, 4) is 0 Å². The molecular formula is C15H23F3N4O3S. The Morgan fingerprint density at radius 3 is 2.38 bits per heavy atom. The van der Waals surface area contributed by atoms with Gasteiger partial charge in [-0.25, -0.2) is 14.8 Å². The van der Waals surface area contributed by atoms with E-state index < -0.39 is 12.1 Å². The topological polar surface area (TPSA) is 89.8 Å². The number of carboxylic acids is 1. The number of hydrogen-bond donors (Lipinski definition) is 2. The Bertz CT molecular complexity index is 560. The second-order valence-corrected chi connectivity index (χ2v) is 6.54. The predicted molar refractivity (Wildman–Crippen MR) is 90.9 cm³/mol. The fourth-order valence-corrected chi connectivity index (χ4v) is 2.72. The number of aliphatic hydroxyl groups is 1. The van der Waals surface area contributed by atoms with Crippen molar-refractivity contribution in [2.75, 3.05) is 39.5 Å². The number of halogens is 3. The van der Waals surface area contributed by atoms with E-state index in [1.807, 2.05) is 18.6 Å². The van der Waals surface area contributed by atoms with Crippen LogP contribution in [0, 0.1) is 0 Å². The molecule has 0 saturated carbocycles. The van der Waals surface area contributed by atoms with E-state index in [1.165, 1.54) is 0 Å². The van der Waals surface area contributed by atoms with Gasteiger partial charge in [-0.3, -0.25) is 4.90 Å². The molecule has 1 fully saturated rings. The summed E-state index contributed by atoms with van der Waals surface area (Å²) in [6, 6.07) is 0.449. The minimum absolute atomic E-state index is 0.258. The van der Waals surface area contributed by atoms with E-state index in [4.69, 9.17) is 15.0 Å². The molecule has 1 aromatic rings. The Kier molecular flexibility index (Phi) is 9.27. The molecule has 0 spiro atoms. The van der Waals surface area contributed by atoms with Crippen molar-refractivity contribution in [1.82, 2.24) is 19.8 Å². The summed E-state index contributed by atoms with van der Waals surface area (Å²) in [6.45, 7) is 4.26. The van der Waals surface area contributed by atoms with Crippen LogP contribution < -0.4 is 0 Å². The summed E-state index contributed by atoms with van der Waals surface area (Å²) >= 11 is 1.56. The van der Waals surface area contributed by atoms with E-state index in [1.54, 1.807) is 11.8 Å². The third kappa shape index (κ3) is 7.85. The first-order valence-corrected chi connectivity index (χ1v) is 9.08. The van der Waals surface area contributed by atoms with Crippen molar-refractivity contribution in [1.29, 1.82) is 0 Å². The minimum Gasteiger partial charge on any atom is -0.475 e. The van der Waals surface area contributed by atoms with Gasteiger partial charge in [-0.15, -0.1) is 0 Å². The minimum atomic E-state index is -5.08. The van der Waals surface area contributed by atoms with Gasteiger partial charge in [0.05, 0.1) is 0 Å². The average molecular weight is 396 g/mol. The van der Waals surface area contributed by atoms with Gasteiger partial charge in [-0.2, -0.15) is 13.2 Å². The van der Waals surface area contributed by atoms with Crippen LogP contribution in [-0.4, -0.2) is 87.7 Å². The van der Waals surface area contributed by atoms with Crippen LogP contribution in [0.25, 0.3) is 0 Å². The van der Waals surface area contributed by atoms with E-state index >= 15 is 0 Å². The molecule has 0 radical (unpaired) electrons. The number of likely N-dealkylation sites (N-methyl/N-ethyl adjacent to an activating group) is 1. The lowest BCUT2D eigenvalue weighted by Crippen LogP contribution is -2.51. The normalized spacial score (nSPS) is 18.9. The fraction of sp³-hybridized carbons (Fsp3) is 0.667. The van der Waals surface area contributed by atoms with Crippen molar-refractivity contribution in [3.05, 3.63) is 18.0 Å². The second kappa shape index (κ2) is 10.7. The van der Waals surface area contributed by atoms with Gasteiger partial charge in [-0.05, 0) is 19.7 Å². The van der Waals surface area contributed by atoms with Crippen LogP contribution in [-0.2, 0) is 11.3 Å². The molecule has 1 atom stereocenters. The van der Waals surface area contributed by atoms with Gasteiger partial charge < -0.3 is 15.1 Å². The molecule has 0 aliphatic carbocycles. The first-order valence-electron chi connectivity index (χ1n) is 7.85. The molecule has 26 heavy (non-hydrogen) atoms. The highest BCUT2D eigenvalue weighted by Crippen LogP contribution is 2.14. The molecule has 148 valence electrons. The summed E-state index contributed by atoms with van der Waals surface area (Å²) in [4.78, 5) is 22.3. The van der Waals surface area contributed by atoms with Crippen LogP contribution in [0.4, 0.5) is 13.2 Å². The lowest BCUT2D eigenvalue weighted by atomic mass is 10.1. The number of carbonyl (C=O) groups is 1. The van der Waals surface area contributed by atoms with Crippen molar-refractivity contribution >= 4 is 17.7 Å². The summed E-state index contributed by atoms with van der Waals surface area (Å²) in [7, 11) is 2.13. The Morgan fingerprint density at radius 1 is 1.35 bits per heavy atom. The molecule has 1 aromatic heterocycles. The van der Waals surface area contributed by atoms with E-state index in [0.29, 0.717) is 6.04 Å². The summed E-state index contributed by atoms with van der Waals surface area (Å²) in [5.74, 6) is -2.76. The van der Waals surface area contributed by atoms with E-state index in [2.05, 4.69) is 26.8 Å². The lowest BCUT2D eigenvalue weighted by Gasteiger charge is -2.39. The van der Waals surface area contributed by atoms with Crippen LogP contribution in [0.3, 0.4) is 0 Å². The second-order valence-electron chi connectivity index (χ2n) is 5.76. The number of rotatable bonds is 5. The number of thioether (sulfide) groups is 1. The fourth-order valence-electron chi connectivity index (χ4n) is 2.40. The Labute approximate surface area is 154 Å². The molecule has 2 N–H and O–H groups in total. The zero-order chi connectivity index (χ0) is 19.7. The first kappa shape index (κ1) is 22.6. The van der Waals surface area contributed by atoms with Crippen LogP contribution in [0.1, 0.15) is 12.0 Å². The molecule has 2 rings (SSSR count). The van der Waals surface area contributed by atoms with Crippen LogP contribution in [0.15, 0.2) is 17.6 Å². The smallest absolute Gasteiger partial charge is 0.475 e. The third-order valence-corrected chi connectivity index (χ3v) is 4.41. The standard InChI is InChI=1S/C13H22N4OS.C2HF3O2/c1-16-4-5-17(10-12(16)3-6-18)9-11-7-14-13(19-2)15-8-11;3-2(4,5)1(6)7/h7-8,12,18H,3-6,9-10H2,1-2H3;(H,6,7). The number of aliphatic hydroxyl groups excluding tert-OH is 1. The molecule has 1 aliphatic heterocycles. The van der Waals surface area contributed by atoms with Crippen LogP contribution in [0.5, 0.6) is 0 Å². The Balaban J connectivity index is 0.000000412. The molecule has 0 aromatic carbocycles. The third-order valence-electron chi connectivity index (χ3n) is 3.84. The number of aromatic nitrogens is 2. The van der Waals surface area contributed by atoms with Crippen molar-refractivity contribution in [2.24, 2.45) is 0 Å². The van der Waals surface area contributed by atoms with Gasteiger partial charge in [0.2, 0.25) is 0 Å². The van der Waals surface area contributed by atoms with Crippen LogP contribution in [0.2, 0.25) is 0 Å². The van der Waals surface area contributed by atoms with Crippen molar-refractivity contribution in [2.45, 2.75) is 30.3 Å². The molecule has 11 heteroatoms. The number of carboxylic acid groups (broad SMARTS) is 1. The average Bonchev–Trinajstić information content (AvgIpc) is 2.58. The molecule has 7 nitrogen and oxygen atoms in total. The number of alkyl halides is 3. The molecular weight excluding hydrogens is 373 g/mol. The Hall–Kier alpha value is -1.43. The quantitative estimate of drug-likeness (QED) is 0.569. The van der Waals surface area contributed by atoms with Crippen molar-refractivity contribution in [3.63, 3.8) is 0 Å². The molecule has 1 aliphatic rings. The summed E-state index contributed by atoms with van der Waals surface area (Å²) in [5, 5.41) is 17.0. The van der Waals surface area contributed by atoms with Crippen LogP contribution >= 0.6 is 11.8 Å². The molecule has 0 bridgehead atoms. The summed E-state index contributed by atoms with van der Waals surface area (Å²) in [5.41, 5.74) is 1.16. The summed E-state index contributed by atoms with van der Waals surface area (Å²) < 4.78 is 31.7. The predicted octanol–water partition coefficient (Wildman–Crippen LogP) is 1.33. The molecule has 1 saturated heterocycles. The van der Waals surface area contributed by atoms with Gasteiger partial charge >= 0.3 is 12.1 Å². The monoisotopic (exact) mass is 396 g/mol. The van der Waals surface area contributed by atoms with E-state index in [9.17, 15) is 13.2 Å². The van der Waals surface area contributed by atoms with Gasteiger partial charge in [0.1, 0.15) is 0 Å². The van der Waals surface area contributed by atoms with E-state index in [0.717, 1.165) is 43.3 Å². The van der Waals surface area contributed by atoms with Gasteiger partial charge in [-0.1, -0.05) is 11.8 Å². The number of piperazine rings is 1. The number of hydrogen-bond acceptors (Lipinski definition) is 7. The maximum absolute atomic E-state index is 10.6. The largest absolute Gasteiger partial charge is 0.490 e. The Morgan fingerprint density at radius 2 is 1.92 bits per heavy atom. The molecule has 0 amide bonds. The number of aliphatic carboxylic acids is 1. The van der Waals surface area contributed by atoms with Crippen molar-refractivity contribution < 1.29 is 28.2 Å². The highest BCUT2D eigenvalue weighted by molar-refractivity contribution is 7.98. The summed E-state index contributed by atoms with van der Waals surface area (Å²) in [6.07, 6.45) is 1.57. The molecule has 1 unspecified atom stereocenters. The zero-order valence-electron chi connectivity index (χ0n) is 14.6. The highest BCUT2D eigenvalue weighted by atomic mass is 32.2. The van der Waals surface area contributed by atoms with Gasteiger partial charge in [0.15, 0.2) is 5.16 Å². The SMILES string of the molecule is CSc1ncc(CN2CCN(C)C(CCO)C2)cn1.O=C(O)C(F)(F)F. The maximum Gasteiger partial charge on any atom is 0.490 e. The zero-order valence-corrected chi connectivity index (χ0v) is 15.4. The number of nitrogens with zero attached hydrogens (tertiary/aromatic N) is 4. The maximum atomic E-state index is 10.6. The van der Waals surface area contributed by atoms with E-state index in [-0.39, 0.29) is 6.61 Å². The van der Waals surface area contributed by atoms with Gasteiger partial charge in [0.25, 0.3) is 0 Å². The molecule has 2 heterocycles. The highest BCUT2D eigenvalue weighted by Gasteiger charge is 2.38. The first-order chi connectivity index (χ1) is 12.2.